The number of rotatable bonds is 5. The molecule has 27 heavy (non-hydrogen) atoms. The molecule has 3 rings (SSSR count). The Kier molecular flexibility index (Phi) is 6.32. The summed E-state index contributed by atoms with van der Waals surface area (Å²) in [6, 6.07) is 15.0. The standard InChI is InChI=1S/C21H18Cl2N2OS/c1-13(2)15-5-3-14(4-6-15)12-24-21-17(9-10-27-21)20(26)25-16-7-8-18(22)19(23)11-16/h3-13H,1-2H3,(H,25,26). The van der Waals surface area contributed by atoms with Gasteiger partial charge in [0.15, 0.2) is 0 Å². The van der Waals surface area contributed by atoms with Gasteiger partial charge in [-0.05, 0) is 46.7 Å². The molecule has 0 radical (unpaired) electrons. The van der Waals surface area contributed by atoms with E-state index in [1.165, 1.54) is 16.9 Å². The van der Waals surface area contributed by atoms with Crippen molar-refractivity contribution >= 4 is 57.3 Å². The number of halogens is 2. The Bertz CT molecular complexity index is 978. The predicted octanol–water partition coefficient (Wildman–Crippen LogP) is 7.18. The molecule has 0 aliphatic carbocycles. The molecule has 0 aliphatic heterocycles. The summed E-state index contributed by atoms with van der Waals surface area (Å²) in [6.45, 7) is 4.32. The third kappa shape index (κ3) is 4.98. The van der Waals surface area contributed by atoms with Crippen LogP contribution in [0.25, 0.3) is 0 Å². The maximum atomic E-state index is 12.6. The van der Waals surface area contributed by atoms with Crippen molar-refractivity contribution in [2.24, 2.45) is 4.99 Å². The molecule has 6 heteroatoms. The van der Waals surface area contributed by atoms with E-state index in [0.29, 0.717) is 32.2 Å². The lowest BCUT2D eigenvalue weighted by Crippen LogP contribution is -2.11. The first-order valence-electron chi connectivity index (χ1n) is 8.42. The quantitative estimate of drug-likeness (QED) is 0.439. The van der Waals surface area contributed by atoms with Gasteiger partial charge in [-0.1, -0.05) is 61.3 Å². The fraction of sp³-hybridized carbons (Fsp3) is 0.143. The van der Waals surface area contributed by atoms with Crippen molar-refractivity contribution < 1.29 is 4.79 Å². The van der Waals surface area contributed by atoms with Crippen LogP contribution >= 0.6 is 34.5 Å². The molecular formula is C21H18Cl2N2OS. The molecule has 138 valence electrons. The van der Waals surface area contributed by atoms with Crippen molar-refractivity contribution in [2.75, 3.05) is 5.32 Å². The number of carbonyl (C=O) groups is 1. The minimum Gasteiger partial charge on any atom is -0.322 e. The van der Waals surface area contributed by atoms with E-state index in [4.69, 9.17) is 23.2 Å². The Balaban J connectivity index is 1.74. The van der Waals surface area contributed by atoms with Gasteiger partial charge in [-0.3, -0.25) is 4.79 Å². The molecule has 1 aromatic heterocycles. The van der Waals surface area contributed by atoms with Gasteiger partial charge in [0, 0.05) is 11.9 Å². The van der Waals surface area contributed by atoms with Crippen LogP contribution < -0.4 is 5.32 Å². The van der Waals surface area contributed by atoms with Gasteiger partial charge in [0.05, 0.1) is 15.6 Å². The molecule has 0 atom stereocenters. The lowest BCUT2D eigenvalue weighted by molar-refractivity contribution is 0.102. The predicted molar refractivity (Wildman–Crippen MR) is 117 cm³/mol. The summed E-state index contributed by atoms with van der Waals surface area (Å²) in [7, 11) is 0. The maximum absolute atomic E-state index is 12.6. The van der Waals surface area contributed by atoms with Crippen LogP contribution in [0.2, 0.25) is 10.0 Å². The molecule has 0 aliphatic rings. The minimum atomic E-state index is -0.239. The zero-order valence-corrected chi connectivity index (χ0v) is 17.2. The molecule has 1 heterocycles. The highest BCUT2D eigenvalue weighted by Gasteiger charge is 2.13. The van der Waals surface area contributed by atoms with Crippen LogP contribution in [0.1, 0.15) is 41.3 Å². The van der Waals surface area contributed by atoms with Crippen LogP contribution in [-0.2, 0) is 0 Å². The molecular weight excluding hydrogens is 399 g/mol. The number of amides is 1. The monoisotopic (exact) mass is 416 g/mol. The average Bonchev–Trinajstić information content (AvgIpc) is 3.12. The van der Waals surface area contributed by atoms with Crippen molar-refractivity contribution in [1.29, 1.82) is 0 Å². The van der Waals surface area contributed by atoms with Crippen LogP contribution in [0.4, 0.5) is 10.7 Å². The molecule has 0 saturated heterocycles. The van der Waals surface area contributed by atoms with E-state index in [2.05, 4.69) is 36.3 Å². The van der Waals surface area contributed by atoms with E-state index in [9.17, 15) is 4.79 Å². The summed E-state index contributed by atoms with van der Waals surface area (Å²) in [6.07, 6.45) is 1.77. The van der Waals surface area contributed by atoms with Gasteiger partial charge in [-0.15, -0.1) is 11.3 Å². The highest BCUT2D eigenvalue weighted by molar-refractivity contribution is 7.14. The topological polar surface area (TPSA) is 41.5 Å². The van der Waals surface area contributed by atoms with E-state index in [1.807, 2.05) is 17.5 Å². The molecule has 0 spiro atoms. The zero-order chi connectivity index (χ0) is 19.4. The summed E-state index contributed by atoms with van der Waals surface area (Å²) >= 11 is 13.3. The number of hydrogen-bond acceptors (Lipinski definition) is 3. The molecule has 1 amide bonds. The number of hydrogen-bond donors (Lipinski definition) is 1. The Morgan fingerprint density at radius 2 is 1.81 bits per heavy atom. The fourth-order valence-electron chi connectivity index (χ4n) is 2.45. The van der Waals surface area contributed by atoms with Gasteiger partial charge in [-0.25, -0.2) is 4.99 Å². The van der Waals surface area contributed by atoms with Crippen LogP contribution in [0.5, 0.6) is 0 Å². The highest BCUT2D eigenvalue weighted by Crippen LogP contribution is 2.29. The van der Waals surface area contributed by atoms with Crippen molar-refractivity contribution in [2.45, 2.75) is 19.8 Å². The van der Waals surface area contributed by atoms with Crippen LogP contribution in [0.15, 0.2) is 58.9 Å². The summed E-state index contributed by atoms with van der Waals surface area (Å²) in [4.78, 5) is 17.1. The lowest BCUT2D eigenvalue weighted by Gasteiger charge is -2.06. The zero-order valence-electron chi connectivity index (χ0n) is 14.9. The second kappa shape index (κ2) is 8.70. The van der Waals surface area contributed by atoms with Crippen LogP contribution in [0.3, 0.4) is 0 Å². The molecule has 0 bridgehead atoms. The summed E-state index contributed by atoms with van der Waals surface area (Å²) in [5.41, 5.74) is 3.37. The van der Waals surface area contributed by atoms with E-state index < -0.39 is 0 Å². The first kappa shape index (κ1) is 19.6. The van der Waals surface area contributed by atoms with Gasteiger partial charge in [0.25, 0.3) is 5.91 Å². The first-order chi connectivity index (χ1) is 12.9. The number of anilines is 1. The normalized spacial score (nSPS) is 11.3. The Hall–Kier alpha value is -2.14. The van der Waals surface area contributed by atoms with Gasteiger partial charge in [0.1, 0.15) is 5.00 Å². The Morgan fingerprint density at radius 3 is 2.48 bits per heavy atom. The molecule has 0 saturated carbocycles. The second-order valence-electron chi connectivity index (χ2n) is 6.30. The molecule has 0 fully saturated rings. The van der Waals surface area contributed by atoms with E-state index >= 15 is 0 Å². The summed E-state index contributed by atoms with van der Waals surface area (Å²) in [5.74, 6) is 0.252. The number of benzene rings is 2. The van der Waals surface area contributed by atoms with E-state index in [1.54, 1.807) is 30.5 Å². The number of thiophene rings is 1. The number of carbonyl (C=O) groups excluding carboxylic acids is 1. The van der Waals surface area contributed by atoms with Crippen molar-refractivity contribution in [3.8, 4) is 0 Å². The Labute approximate surface area is 172 Å². The van der Waals surface area contributed by atoms with Gasteiger partial charge < -0.3 is 5.32 Å². The van der Waals surface area contributed by atoms with Crippen molar-refractivity contribution in [1.82, 2.24) is 0 Å². The third-order valence-corrected chi connectivity index (χ3v) is 5.56. The SMILES string of the molecule is CC(C)c1ccc(C=Nc2sccc2C(=O)Nc2ccc(Cl)c(Cl)c2)cc1. The molecule has 3 aromatic rings. The average molecular weight is 417 g/mol. The molecule has 2 aromatic carbocycles. The van der Waals surface area contributed by atoms with Crippen molar-refractivity contribution in [3.05, 3.63) is 80.6 Å². The van der Waals surface area contributed by atoms with Gasteiger partial charge in [0.2, 0.25) is 0 Å². The lowest BCUT2D eigenvalue weighted by atomic mass is 10.0. The minimum absolute atomic E-state index is 0.239. The number of nitrogens with zero attached hydrogens (tertiary/aromatic N) is 1. The van der Waals surface area contributed by atoms with Crippen LogP contribution in [-0.4, -0.2) is 12.1 Å². The van der Waals surface area contributed by atoms with E-state index in [-0.39, 0.29) is 5.91 Å². The molecule has 1 N–H and O–H groups in total. The van der Waals surface area contributed by atoms with Gasteiger partial charge >= 0.3 is 0 Å². The summed E-state index contributed by atoms with van der Waals surface area (Å²) < 4.78 is 0. The molecule has 3 nitrogen and oxygen atoms in total. The van der Waals surface area contributed by atoms with Gasteiger partial charge in [-0.2, -0.15) is 0 Å². The first-order valence-corrected chi connectivity index (χ1v) is 10.1. The fourth-order valence-corrected chi connectivity index (χ4v) is 3.48. The van der Waals surface area contributed by atoms with E-state index in [0.717, 1.165) is 5.56 Å². The van der Waals surface area contributed by atoms with Crippen molar-refractivity contribution in [3.63, 3.8) is 0 Å². The van der Waals surface area contributed by atoms with Crippen LogP contribution in [0, 0.1) is 0 Å². The molecule has 0 unspecified atom stereocenters. The largest absolute Gasteiger partial charge is 0.322 e. The Morgan fingerprint density at radius 1 is 1.07 bits per heavy atom. The number of nitrogens with one attached hydrogen (secondary N) is 1. The second-order valence-corrected chi connectivity index (χ2v) is 8.01. The smallest absolute Gasteiger partial charge is 0.258 e. The number of aliphatic imine (C=N–C) groups is 1. The highest BCUT2D eigenvalue weighted by atomic mass is 35.5. The maximum Gasteiger partial charge on any atom is 0.258 e. The summed E-state index contributed by atoms with van der Waals surface area (Å²) in [5, 5.41) is 6.16. The third-order valence-electron chi connectivity index (χ3n) is 4.00.